The highest BCUT2D eigenvalue weighted by molar-refractivity contribution is 5.16. The van der Waals surface area contributed by atoms with Gasteiger partial charge in [0, 0.05) is 7.05 Å². The highest BCUT2D eigenvalue weighted by Gasteiger charge is 2.33. The summed E-state index contributed by atoms with van der Waals surface area (Å²) in [6, 6.07) is 0.376. The van der Waals surface area contributed by atoms with E-state index in [4.69, 9.17) is 4.94 Å². The quantitative estimate of drug-likeness (QED) is 0.715. The molecule has 1 aliphatic heterocycles. The van der Waals surface area contributed by atoms with Gasteiger partial charge >= 0.3 is 0 Å². The van der Waals surface area contributed by atoms with Crippen molar-refractivity contribution in [1.82, 2.24) is 10.1 Å². The summed E-state index contributed by atoms with van der Waals surface area (Å²) in [4.78, 5) is 5.76. The van der Waals surface area contributed by atoms with E-state index in [1.165, 1.54) is 11.4 Å². The van der Waals surface area contributed by atoms with E-state index in [-0.39, 0.29) is 0 Å². The van der Waals surface area contributed by atoms with Gasteiger partial charge in [-0.15, -0.1) is 0 Å². The molecule has 0 radical (unpaired) electrons. The minimum atomic E-state index is 0.376. The molecule has 0 aliphatic carbocycles. The Kier molecular flexibility index (Phi) is 3.66. The summed E-state index contributed by atoms with van der Waals surface area (Å²) in [6.45, 7) is 13.2. The summed E-state index contributed by atoms with van der Waals surface area (Å²) in [5, 5.41) is 3.93. The maximum absolute atomic E-state index is 5.76. The second-order valence-electron chi connectivity index (χ2n) is 5.08. The molecule has 0 atom stereocenters. The summed E-state index contributed by atoms with van der Waals surface area (Å²) in [5.41, 5.74) is 2.63. The number of rotatable bonds is 3. The van der Waals surface area contributed by atoms with Crippen molar-refractivity contribution in [2.45, 2.75) is 47.6 Å². The lowest BCUT2D eigenvalue weighted by atomic mass is 10.0. The van der Waals surface area contributed by atoms with Gasteiger partial charge in [-0.2, -0.15) is 4.94 Å². The molecule has 0 aromatic heterocycles. The first-order chi connectivity index (χ1) is 6.86. The predicted octanol–water partition coefficient (Wildman–Crippen LogP) is 3.01. The molecule has 1 heterocycles. The Hall–Kier alpha value is -0.700. The van der Waals surface area contributed by atoms with E-state index in [0.717, 1.165) is 0 Å². The lowest BCUT2D eigenvalue weighted by Crippen LogP contribution is -2.30. The Morgan fingerprint density at radius 1 is 0.867 bits per heavy atom. The molecule has 3 nitrogen and oxygen atoms in total. The SMILES string of the molecule is CC(C)C1=C(C(C)C)N(C(C)C)ON1C. The van der Waals surface area contributed by atoms with E-state index in [1.54, 1.807) is 0 Å². The van der Waals surface area contributed by atoms with Crippen LogP contribution in [0.15, 0.2) is 11.4 Å². The molecule has 0 aromatic carbocycles. The predicted molar refractivity (Wildman–Crippen MR) is 62.5 cm³/mol. The molecule has 1 rings (SSSR count). The van der Waals surface area contributed by atoms with Crippen LogP contribution in [0, 0.1) is 11.8 Å². The van der Waals surface area contributed by atoms with Crippen LogP contribution in [0.2, 0.25) is 0 Å². The Bertz CT molecular complexity index is 256. The summed E-state index contributed by atoms with van der Waals surface area (Å²) in [6.07, 6.45) is 0. The Morgan fingerprint density at radius 2 is 1.33 bits per heavy atom. The highest BCUT2D eigenvalue weighted by atomic mass is 16.8. The lowest BCUT2D eigenvalue weighted by Gasteiger charge is -2.25. The zero-order chi connectivity index (χ0) is 11.7. The summed E-state index contributed by atoms with van der Waals surface area (Å²) < 4.78 is 0. The summed E-state index contributed by atoms with van der Waals surface area (Å²) >= 11 is 0. The van der Waals surface area contributed by atoms with E-state index in [1.807, 2.05) is 17.2 Å². The maximum Gasteiger partial charge on any atom is 0.0682 e. The van der Waals surface area contributed by atoms with Gasteiger partial charge in [-0.1, -0.05) is 27.7 Å². The number of hydroxylamine groups is 4. The molecule has 15 heavy (non-hydrogen) atoms. The van der Waals surface area contributed by atoms with Crippen LogP contribution in [-0.2, 0) is 4.94 Å². The van der Waals surface area contributed by atoms with E-state index in [2.05, 4.69) is 41.5 Å². The third kappa shape index (κ3) is 2.28. The van der Waals surface area contributed by atoms with Crippen molar-refractivity contribution in [3.8, 4) is 0 Å². The lowest BCUT2D eigenvalue weighted by molar-refractivity contribution is -0.271. The van der Waals surface area contributed by atoms with Crippen molar-refractivity contribution in [1.29, 1.82) is 0 Å². The van der Waals surface area contributed by atoms with Crippen LogP contribution in [0.5, 0.6) is 0 Å². The smallest absolute Gasteiger partial charge is 0.0682 e. The minimum Gasteiger partial charge on any atom is -0.234 e. The van der Waals surface area contributed by atoms with Crippen molar-refractivity contribution in [2.24, 2.45) is 11.8 Å². The molecule has 0 saturated heterocycles. The Morgan fingerprint density at radius 3 is 1.67 bits per heavy atom. The standard InChI is InChI=1S/C12H24N2O/c1-8(2)11-12(9(3)4)14(10(5)6)15-13(11)7/h8-10H,1-7H3. The van der Waals surface area contributed by atoms with Gasteiger partial charge in [0.1, 0.15) is 0 Å². The normalized spacial score (nSPS) is 18.0. The largest absolute Gasteiger partial charge is 0.234 e. The summed E-state index contributed by atoms with van der Waals surface area (Å²) in [5.74, 6) is 0.992. The van der Waals surface area contributed by atoms with Gasteiger partial charge in [0.25, 0.3) is 0 Å². The van der Waals surface area contributed by atoms with Gasteiger partial charge in [0.05, 0.1) is 17.4 Å². The number of hydrogen-bond donors (Lipinski definition) is 0. The van der Waals surface area contributed by atoms with E-state index < -0.39 is 0 Å². The Labute approximate surface area is 93.6 Å². The molecule has 0 amide bonds. The topological polar surface area (TPSA) is 15.7 Å². The second kappa shape index (κ2) is 4.44. The van der Waals surface area contributed by atoms with Crippen LogP contribution in [-0.4, -0.2) is 23.2 Å². The molecule has 0 aromatic rings. The molecular weight excluding hydrogens is 188 g/mol. The van der Waals surface area contributed by atoms with Gasteiger partial charge < -0.3 is 0 Å². The fraction of sp³-hybridized carbons (Fsp3) is 0.833. The van der Waals surface area contributed by atoms with Crippen molar-refractivity contribution in [2.75, 3.05) is 7.05 Å². The van der Waals surface area contributed by atoms with Crippen LogP contribution < -0.4 is 0 Å². The van der Waals surface area contributed by atoms with Crippen LogP contribution >= 0.6 is 0 Å². The van der Waals surface area contributed by atoms with E-state index in [9.17, 15) is 0 Å². The van der Waals surface area contributed by atoms with Gasteiger partial charge in [-0.05, 0) is 25.7 Å². The van der Waals surface area contributed by atoms with Crippen LogP contribution in [0.4, 0.5) is 0 Å². The number of allylic oxidation sites excluding steroid dienone is 2. The van der Waals surface area contributed by atoms with E-state index in [0.29, 0.717) is 17.9 Å². The maximum atomic E-state index is 5.76. The zero-order valence-corrected chi connectivity index (χ0v) is 11.0. The molecule has 0 bridgehead atoms. The molecule has 0 N–H and O–H groups in total. The average molecular weight is 212 g/mol. The van der Waals surface area contributed by atoms with E-state index >= 15 is 0 Å². The first-order valence-electron chi connectivity index (χ1n) is 5.81. The van der Waals surface area contributed by atoms with Crippen LogP contribution in [0.3, 0.4) is 0 Å². The highest BCUT2D eigenvalue weighted by Crippen LogP contribution is 2.34. The van der Waals surface area contributed by atoms with Crippen molar-refractivity contribution in [3.05, 3.63) is 11.4 Å². The minimum absolute atomic E-state index is 0.376. The van der Waals surface area contributed by atoms with Crippen molar-refractivity contribution in [3.63, 3.8) is 0 Å². The van der Waals surface area contributed by atoms with Gasteiger partial charge in [0.15, 0.2) is 0 Å². The molecule has 3 heteroatoms. The summed E-state index contributed by atoms with van der Waals surface area (Å²) in [7, 11) is 1.99. The third-order valence-corrected chi connectivity index (χ3v) is 2.61. The fourth-order valence-corrected chi connectivity index (χ4v) is 2.08. The Balaban J connectivity index is 3.10. The molecule has 88 valence electrons. The number of nitrogens with zero attached hydrogens (tertiary/aromatic N) is 2. The van der Waals surface area contributed by atoms with Crippen LogP contribution in [0.25, 0.3) is 0 Å². The molecular formula is C12H24N2O. The molecule has 1 aliphatic rings. The molecule has 0 unspecified atom stereocenters. The average Bonchev–Trinajstić information content (AvgIpc) is 2.42. The molecule has 0 spiro atoms. The monoisotopic (exact) mass is 212 g/mol. The van der Waals surface area contributed by atoms with Gasteiger partial charge in [-0.25, -0.2) is 10.1 Å². The van der Waals surface area contributed by atoms with Gasteiger partial charge in [0.2, 0.25) is 0 Å². The van der Waals surface area contributed by atoms with Crippen molar-refractivity contribution < 1.29 is 4.94 Å². The third-order valence-electron chi connectivity index (χ3n) is 2.61. The second-order valence-corrected chi connectivity index (χ2v) is 5.08. The molecule has 0 fully saturated rings. The first-order valence-corrected chi connectivity index (χ1v) is 5.81. The van der Waals surface area contributed by atoms with Crippen molar-refractivity contribution >= 4 is 0 Å². The molecule has 0 saturated carbocycles. The van der Waals surface area contributed by atoms with Crippen LogP contribution in [0.1, 0.15) is 41.5 Å². The fourth-order valence-electron chi connectivity index (χ4n) is 2.08. The van der Waals surface area contributed by atoms with Gasteiger partial charge in [-0.3, -0.25) is 0 Å². The number of hydrogen-bond acceptors (Lipinski definition) is 3. The first kappa shape index (κ1) is 12.4. The zero-order valence-electron chi connectivity index (χ0n) is 11.0.